The highest BCUT2D eigenvalue weighted by molar-refractivity contribution is 5.74. The van der Waals surface area contributed by atoms with Gasteiger partial charge in [-0.2, -0.15) is 0 Å². The topological polar surface area (TPSA) is 57.8 Å². The van der Waals surface area contributed by atoms with Crippen LogP contribution in [0, 0.1) is 0 Å². The number of aromatic nitrogens is 2. The summed E-state index contributed by atoms with van der Waals surface area (Å²) in [7, 11) is 0. The summed E-state index contributed by atoms with van der Waals surface area (Å²) in [6.07, 6.45) is 4.41. The van der Waals surface area contributed by atoms with E-state index in [1.165, 1.54) is 0 Å². The molecule has 0 aromatic carbocycles. The molecule has 4 nitrogen and oxygen atoms in total. The SMILES string of the molecule is C/C=C\c1[nH]c(C(C)C)nc1NC=O. The Bertz CT molecular complexity index is 339. The van der Waals surface area contributed by atoms with Crippen LogP contribution in [0.2, 0.25) is 0 Å². The minimum absolute atomic E-state index is 0.321. The first-order chi connectivity index (χ1) is 6.69. The lowest BCUT2D eigenvalue weighted by molar-refractivity contribution is -0.105. The quantitative estimate of drug-likeness (QED) is 0.720. The first-order valence-electron chi connectivity index (χ1n) is 4.61. The molecule has 0 saturated carbocycles. The van der Waals surface area contributed by atoms with Gasteiger partial charge in [0.05, 0.1) is 5.69 Å². The van der Waals surface area contributed by atoms with Crippen molar-refractivity contribution in [1.29, 1.82) is 0 Å². The number of nitrogens with zero attached hydrogens (tertiary/aromatic N) is 1. The molecule has 0 aliphatic rings. The van der Waals surface area contributed by atoms with E-state index in [-0.39, 0.29) is 0 Å². The Labute approximate surface area is 83.4 Å². The Morgan fingerprint density at radius 3 is 2.71 bits per heavy atom. The van der Waals surface area contributed by atoms with Crippen molar-refractivity contribution in [2.45, 2.75) is 26.7 Å². The van der Waals surface area contributed by atoms with Crippen molar-refractivity contribution in [1.82, 2.24) is 9.97 Å². The molecule has 0 radical (unpaired) electrons. The van der Waals surface area contributed by atoms with Gasteiger partial charge in [0.1, 0.15) is 5.82 Å². The van der Waals surface area contributed by atoms with E-state index in [9.17, 15) is 4.79 Å². The summed E-state index contributed by atoms with van der Waals surface area (Å²) < 4.78 is 0. The molecule has 4 heteroatoms. The lowest BCUT2D eigenvalue weighted by Gasteiger charge is -1.96. The van der Waals surface area contributed by atoms with Gasteiger partial charge in [-0.15, -0.1) is 0 Å². The number of carbonyl (C=O) groups is 1. The second-order valence-corrected chi connectivity index (χ2v) is 3.30. The van der Waals surface area contributed by atoms with E-state index >= 15 is 0 Å². The average molecular weight is 193 g/mol. The monoisotopic (exact) mass is 193 g/mol. The number of imidazole rings is 1. The van der Waals surface area contributed by atoms with Crippen LogP contribution in [0.5, 0.6) is 0 Å². The maximum Gasteiger partial charge on any atom is 0.212 e. The standard InChI is InChI=1S/C10H15N3O/c1-4-5-8-10(11-6-14)13-9(12-8)7(2)3/h4-7H,1-3H3,(H,11,14)(H,12,13)/b5-4-. The van der Waals surface area contributed by atoms with Crippen LogP contribution in [0.1, 0.15) is 38.2 Å². The van der Waals surface area contributed by atoms with E-state index in [1.807, 2.05) is 32.9 Å². The van der Waals surface area contributed by atoms with Gasteiger partial charge in [-0.1, -0.05) is 19.9 Å². The lowest BCUT2D eigenvalue weighted by Crippen LogP contribution is -1.96. The zero-order valence-electron chi connectivity index (χ0n) is 8.66. The Hall–Kier alpha value is -1.58. The fraction of sp³-hybridized carbons (Fsp3) is 0.400. The molecule has 14 heavy (non-hydrogen) atoms. The number of aromatic amines is 1. The molecule has 0 aliphatic heterocycles. The van der Waals surface area contributed by atoms with E-state index in [0.717, 1.165) is 11.5 Å². The second-order valence-electron chi connectivity index (χ2n) is 3.30. The van der Waals surface area contributed by atoms with Crippen molar-refractivity contribution < 1.29 is 4.79 Å². The Morgan fingerprint density at radius 1 is 1.50 bits per heavy atom. The predicted octanol–water partition coefficient (Wildman–Crippen LogP) is 2.13. The van der Waals surface area contributed by atoms with Gasteiger partial charge in [0.15, 0.2) is 5.82 Å². The number of allylic oxidation sites excluding steroid dienone is 1. The predicted molar refractivity (Wildman–Crippen MR) is 57.1 cm³/mol. The van der Waals surface area contributed by atoms with Gasteiger partial charge in [-0.25, -0.2) is 4.98 Å². The highest BCUT2D eigenvalue weighted by atomic mass is 16.1. The van der Waals surface area contributed by atoms with Crippen LogP contribution in [0.15, 0.2) is 6.08 Å². The van der Waals surface area contributed by atoms with Gasteiger partial charge in [-0.05, 0) is 13.0 Å². The normalized spacial score (nSPS) is 11.1. The van der Waals surface area contributed by atoms with Gasteiger partial charge >= 0.3 is 0 Å². The number of rotatable bonds is 4. The molecule has 0 saturated heterocycles. The third kappa shape index (κ3) is 2.22. The van der Waals surface area contributed by atoms with Crippen molar-refractivity contribution >= 4 is 18.3 Å². The summed E-state index contributed by atoms with van der Waals surface area (Å²) in [5.74, 6) is 1.78. The first kappa shape index (κ1) is 10.5. The van der Waals surface area contributed by atoms with Gasteiger partial charge in [-0.3, -0.25) is 4.79 Å². The maximum atomic E-state index is 10.3. The van der Waals surface area contributed by atoms with Crippen LogP contribution >= 0.6 is 0 Å². The van der Waals surface area contributed by atoms with E-state index < -0.39 is 0 Å². The minimum Gasteiger partial charge on any atom is -0.340 e. The zero-order chi connectivity index (χ0) is 10.6. The highest BCUT2D eigenvalue weighted by Gasteiger charge is 2.09. The van der Waals surface area contributed by atoms with Gasteiger partial charge in [0.2, 0.25) is 6.41 Å². The number of anilines is 1. The zero-order valence-corrected chi connectivity index (χ0v) is 8.66. The lowest BCUT2D eigenvalue weighted by atomic mass is 10.2. The Morgan fingerprint density at radius 2 is 2.21 bits per heavy atom. The molecule has 0 unspecified atom stereocenters. The third-order valence-electron chi connectivity index (χ3n) is 1.83. The van der Waals surface area contributed by atoms with Gasteiger partial charge in [0, 0.05) is 5.92 Å². The Kier molecular flexibility index (Phi) is 3.45. The van der Waals surface area contributed by atoms with Crippen molar-refractivity contribution in [2.75, 3.05) is 5.32 Å². The molecule has 1 aromatic heterocycles. The van der Waals surface area contributed by atoms with Crippen molar-refractivity contribution in [3.63, 3.8) is 0 Å². The Balaban J connectivity index is 3.04. The van der Waals surface area contributed by atoms with E-state index in [0.29, 0.717) is 18.1 Å². The summed E-state index contributed by atoms with van der Waals surface area (Å²) in [5.41, 5.74) is 0.836. The smallest absolute Gasteiger partial charge is 0.212 e. The minimum atomic E-state index is 0.321. The van der Waals surface area contributed by atoms with Crippen LogP contribution < -0.4 is 5.32 Å². The maximum absolute atomic E-state index is 10.3. The third-order valence-corrected chi connectivity index (χ3v) is 1.83. The molecule has 76 valence electrons. The largest absolute Gasteiger partial charge is 0.340 e. The summed E-state index contributed by atoms with van der Waals surface area (Å²) in [6, 6.07) is 0. The van der Waals surface area contributed by atoms with Crippen LogP contribution in [-0.2, 0) is 4.79 Å². The van der Waals surface area contributed by atoms with Crippen molar-refractivity contribution in [3.05, 3.63) is 17.6 Å². The summed E-state index contributed by atoms with van der Waals surface area (Å²) in [6.45, 7) is 6.01. The number of hydrogen-bond donors (Lipinski definition) is 2. The van der Waals surface area contributed by atoms with Crippen LogP contribution in [0.3, 0.4) is 0 Å². The van der Waals surface area contributed by atoms with Gasteiger partial charge in [0.25, 0.3) is 0 Å². The average Bonchev–Trinajstić information content (AvgIpc) is 2.50. The number of nitrogens with one attached hydrogen (secondary N) is 2. The van der Waals surface area contributed by atoms with Gasteiger partial charge < -0.3 is 10.3 Å². The van der Waals surface area contributed by atoms with Crippen molar-refractivity contribution in [2.24, 2.45) is 0 Å². The fourth-order valence-electron chi connectivity index (χ4n) is 1.13. The summed E-state index contributed by atoms with van der Waals surface area (Å²) in [4.78, 5) is 17.7. The molecule has 0 atom stereocenters. The van der Waals surface area contributed by atoms with E-state index in [1.54, 1.807) is 0 Å². The fourth-order valence-corrected chi connectivity index (χ4v) is 1.13. The molecule has 1 aromatic rings. The number of amides is 1. The molecule has 0 bridgehead atoms. The van der Waals surface area contributed by atoms with Crippen LogP contribution in [0.4, 0.5) is 5.82 Å². The van der Waals surface area contributed by atoms with Crippen LogP contribution in [-0.4, -0.2) is 16.4 Å². The molecule has 2 N–H and O–H groups in total. The molecule has 0 fully saturated rings. The molecular weight excluding hydrogens is 178 g/mol. The molecule has 0 aliphatic carbocycles. The molecular formula is C10H15N3O. The molecule has 1 heterocycles. The molecule has 0 spiro atoms. The van der Waals surface area contributed by atoms with E-state index in [2.05, 4.69) is 15.3 Å². The molecule has 1 rings (SSSR count). The highest BCUT2D eigenvalue weighted by Crippen LogP contribution is 2.18. The number of carbonyl (C=O) groups excluding carboxylic acids is 1. The van der Waals surface area contributed by atoms with Crippen LogP contribution in [0.25, 0.3) is 6.08 Å². The van der Waals surface area contributed by atoms with Crippen molar-refractivity contribution in [3.8, 4) is 0 Å². The van der Waals surface area contributed by atoms with E-state index in [4.69, 9.17) is 0 Å². The number of hydrogen-bond acceptors (Lipinski definition) is 2. The number of H-pyrrole nitrogens is 1. The molecule has 1 amide bonds. The first-order valence-corrected chi connectivity index (χ1v) is 4.61. The second kappa shape index (κ2) is 4.60. The summed E-state index contributed by atoms with van der Waals surface area (Å²) in [5, 5.41) is 2.56. The summed E-state index contributed by atoms with van der Waals surface area (Å²) >= 11 is 0.